The van der Waals surface area contributed by atoms with Gasteiger partial charge in [-0.25, -0.2) is 4.39 Å². The first-order chi connectivity index (χ1) is 7.54. The predicted molar refractivity (Wildman–Crippen MR) is 60.8 cm³/mol. The van der Waals surface area contributed by atoms with Gasteiger partial charge in [0.05, 0.1) is 5.71 Å². The summed E-state index contributed by atoms with van der Waals surface area (Å²) in [7, 11) is 3.05. The van der Waals surface area contributed by atoms with Gasteiger partial charge in [0.2, 0.25) is 0 Å². The Bertz CT molecular complexity index is 336. The van der Waals surface area contributed by atoms with Crippen LogP contribution in [0, 0.1) is 0 Å². The Labute approximate surface area is 94.2 Å². The second-order valence-corrected chi connectivity index (χ2v) is 3.79. The first-order valence-electron chi connectivity index (χ1n) is 5.15. The normalized spacial score (nSPS) is 18.3. The summed E-state index contributed by atoms with van der Waals surface area (Å²) in [6.45, 7) is 1.66. The van der Waals surface area contributed by atoms with E-state index in [9.17, 15) is 9.18 Å². The molecule has 5 nitrogen and oxygen atoms in total. The number of halogens is 1. The van der Waals surface area contributed by atoms with Gasteiger partial charge in [0, 0.05) is 27.2 Å². The largest absolute Gasteiger partial charge is 0.392 e. The zero-order chi connectivity index (χ0) is 12.1. The van der Waals surface area contributed by atoms with Gasteiger partial charge in [-0.15, -0.1) is 0 Å². The summed E-state index contributed by atoms with van der Waals surface area (Å²) in [4.78, 5) is 16.7. The Morgan fingerprint density at radius 3 is 2.88 bits per heavy atom. The third-order valence-corrected chi connectivity index (χ3v) is 2.23. The van der Waals surface area contributed by atoms with Gasteiger partial charge in [-0.1, -0.05) is 0 Å². The van der Waals surface area contributed by atoms with Crippen LogP contribution >= 0.6 is 0 Å². The molecule has 0 atom stereocenters. The number of amides is 1. The van der Waals surface area contributed by atoms with Gasteiger partial charge in [-0.05, 0) is 13.0 Å². The highest BCUT2D eigenvalue weighted by Gasteiger charge is 2.18. The number of nitrogens with two attached hydrogens (primary N) is 1. The smallest absolute Gasteiger partial charge is 0.272 e. The molecule has 1 rings (SSSR count). The van der Waals surface area contributed by atoms with Crippen LogP contribution in [0.4, 0.5) is 4.39 Å². The monoisotopic (exact) mass is 228 g/mol. The fourth-order valence-corrected chi connectivity index (χ4v) is 1.32. The van der Waals surface area contributed by atoms with Crippen molar-refractivity contribution in [1.82, 2.24) is 10.2 Å². The maximum absolute atomic E-state index is 13.8. The second-order valence-electron chi connectivity index (χ2n) is 3.79. The maximum Gasteiger partial charge on any atom is 0.272 e. The van der Waals surface area contributed by atoms with Crippen molar-refractivity contribution in [1.29, 1.82) is 0 Å². The van der Waals surface area contributed by atoms with Crippen LogP contribution in [0.3, 0.4) is 0 Å². The molecule has 0 aromatic rings. The lowest BCUT2D eigenvalue weighted by molar-refractivity contribution is -0.124. The molecule has 0 aromatic carbocycles. The van der Waals surface area contributed by atoms with E-state index in [1.807, 2.05) is 0 Å². The number of nitrogens with one attached hydrogen (secondary N) is 1. The minimum Gasteiger partial charge on any atom is -0.392 e. The summed E-state index contributed by atoms with van der Waals surface area (Å²) in [5.41, 5.74) is 5.29. The predicted octanol–water partition coefficient (Wildman–Crippen LogP) is -0.351. The lowest BCUT2D eigenvalue weighted by Crippen LogP contribution is -2.31. The van der Waals surface area contributed by atoms with E-state index in [2.05, 4.69) is 10.3 Å². The van der Waals surface area contributed by atoms with E-state index in [0.717, 1.165) is 13.0 Å². The number of aliphatic imine (C=N–C) groups is 1. The minimum absolute atomic E-state index is 0.227. The maximum atomic E-state index is 13.8. The Balaban J connectivity index is 2.88. The first-order valence-corrected chi connectivity index (χ1v) is 5.15. The van der Waals surface area contributed by atoms with E-state index >= 15 is 0 Å². The van der Waals surface area contributed by atoms with E-state index in [-0.39, 0.29) is 11.4 Å². The van der Waals surface area contributed by atoms with Gasteiger partial charge >= 0.3 is 0 Å². The molecule has 16 heavy (non-hydrogen) atoms. The topological polar surface area (TPSA) is 70.7 Å². The van der Waals surface area contributed by atoms with Crippen LogP contribution in [0.15, 0.2) is 16.5 Å². The zero-order valence-corrected chi connectivity index (χ0v) is 9.59. The molecular weight excluding hydrogens is 211 g/mol. The Kier molecular flexibility index (Phi) is 4.42. The van der Waals surface area contributed by atoms with Crippen LogP contribution < -0.4 is 11.1 Å². The van der Waals surface area contributed by atoms with Crippen LogP contribution in [0.1, 0.15) is 6.42 Å². The molecule has 90 valence electrons. The minimum atomic E-state index is -0.715. The second kappa shape index (κ2) is 5.60. The van der Waals surface area contributed by atoms with Gasteiger partial charge in [-0.3, -0.25) is 9.79 Å². The highest BCUT2D eigenvalue weighted by atomic mass is 19.1. The summed E-state index contributed by atoms with van der Waals surface area (Å²) in [5, 5.41) is 3.02. The number of nitrogens with zero attached hydrogens (tertiary/aromatic N) is 2. The van der Waals surface area contributed by atoms with Crippen molar-refractivity contribution in [2.24, 2.45) is 10.7 Å². The SMILES string of the molecule is CN(C)C(=O)/C(N)=C(\F)C1=NCCCNC1. The number of carbonyl (C=O) groups is 1. The molecule has 0 fully saturated rings. The molecule has 0 spiro atoms. The molecular formula is C10H17FN4O. The van der Waals surface area contributed by atoms with Crippen LogP contribution in [0.2, 0.25) is 0 Å². The molecule has 6 heteroatoms. The van der Waals surface area contributed by atoms with E-state index in [0.29, 0.717) is 13.1 Å². The van der Waals surface area contributed by atoms with E-state index in [1.165, 1.54) is 19.0 Å². The van der Waals surface area contributed by atoms with E-state index in [4.69, 9.17) is 5.73 Å². The molecule has 1 aliphatic rings. The third-order valence-electron chi connectivity index (χ3n) is 2.23. The molecule has 1 aliphatic heterocycles. The van der Waals surface area contributed by atoms with Crippen molar-refractivity contribution in [3.05, 3.63) is 11.5 Å². The quantitative estimate of drug-likeness (QED) is 0.635. The van der Waals surface area contributed by atoms with Crippen molar-refractivity contribution < 1.29 is 9.18 Å². The average Bonchev–Trinajstić information content (AvgIpc) is 2.54. The molecule has 0 saturated heterocycles. The summed E-state index contributed by atoms with van der Waals surface area (Å²) in [5.74, 6) is -1.25. The van der Waals surface area contributed by atoms with Gasteiger partial charge in [-0.2, -0.15) is 0 Å². The van der Waals surface area contributed by atoms with E-state index < -0.39 is 11.7 Å². The highest BCUT2D eigenvalue weighted by Crippen LogP contribution is 2.08. The van der Waals surface area contributed by atoms with Crippen molar-refractivity contribution in [3.63, 3.8) is 0 Å². The standard InChI is InChI=1S/C10H17FN4O/c1-15(2)10(16)9(12)8(11)7-6-13-4-3-5-14-7/h13H,3-6,12H2,1-2H3/b9-8+. The Hall–Kier alpha value is -1.43. The van der Waals surface area contributed by atoms with Crippen molar-refractivity contribution >= 4 is 11.6 Å². The summed E-state index contributed by atoms with van der Waals surface area (Å²) >= 11 is 0. The fourth-order valence-electron chi connectivity index (χ4n) is 1.32. The van der Waals surface area contributed by atoms with Gasteiger partial charge in [0.25, 0.3) is 5.91 Å². The van der Waals surface area contributed by atoms with E-state index in [1.54, 1.807) is 0 Å². The Morgan fingerprint density at radius 1 is 1.56 bits per heavy atom. The van der Waals surface area contributed by atoms with Gasteiger partial charge < -0.3 is 16.0 Å². The van der Waals surface area contributed by atoms with Crippen LogP contribution in [0.25, 0.3) is 0 Å². The molecule has 0 aliphatic carbocycles. The molecule has 1 heterocycles. The zero-order valence-electron chi connectivity index (χ0n) is 9.59. The van der Waals surface area contributed by atoms with Crippen LogP contribution in [-0.2, 0) is 4.79 Å². The van der Waals surface area contributed by atoms with Crippen LogP contribution in [0.5, 0.6) is 0 Å². The van der Waals surface area contributed by atoms with Crippen molar-refractivity contribution in [2.75, 3.05) is 33.7 Å². The highest BCUT2D eigenvalue weighted by molar-refractivity contribution is 6.07. The molecule has 0 bridgehead atoms. The van der Waals surface area contributed by atoms with Gasteiger partial charge in [0.15, 0.2) is 5.83 Å². The lowest BCUT2D eigenvalue weighted by atomic mass is 10.2. The molecule has 3 N–H and O–H groups in total. The number of hydrogen-bond acceptors (Lipinski definition) is 4. The summed E-state index contributed by atoms with van der Waals surface area (Å²) in [6, 6.07) is 0. The van der Waals surface area contributed by atoms with Crippen LogP contribution in [-0.4, -0.2) is 50.2 Å². The first kappa shape index (κ1) is 12.6. The summed E-state index contributed by atoms with van der Waals surface area (Å²) < 4.78 is 13.8. The number of hydrogen-bond donors (Lipinski definition) is 2. The molecule has 0 aromatic heterocycles. The van der Waals surface area contributed by atoms with Gasteiger partial charge in [0.1, 0.15) is 5.70 Å². The molecule has 0 saturated carbocycles. The van der Waals surface area contributed by atoms with Crippen molar-refractivity contribution in [2.45, 2.75) is 6.42 Å². The Morgan fingerprint density at radius 2 is 2.25 bits per heavy atom. The molecule has 1 amide bonds. The number of rotatable bonds is 2. The molecule has 0 radical (unpaired) electrons. The average molecular weight is 228 g/mol. The lowest BCUT2D eigenvalue weighted by Gasteiger charge is -2.11. The fraction of sp³-hybridized carbons (Fsp3) is 0.600. The van der Waals surface area contributed by atoms with Crippen molar-refractivity contribution in [3.8, 4) is 0 Å². The third kappa shape index (κ3) is 3.03. The number of carbonyl (C=O) groups excluding carboxylic acids is 1. The number of likely N-dealkylation sites (N-methyl/N-ethyl adjacent to an activating group) is 1. The summed E-state index contributed by atoms with van der Waals surface area (Å²) in [6.07, 6.45) is 0.859. The molecule has 0 unspecified atom stereocenters.